The molecule has 0 spiro atoms. The molecule has 0 bridgehead atoms. The molecule has 0 aromatic rings. The van der Waals surface area contributed by atoms with Gasteiger partial charge in [-0.1, -0.05) is 13.0 Å². The molecule has 0 aliphatic carbocycles. The van der Waals surface area contributed by atoms with E-state index in [0.29, 0.717) is 5.41 Å². The maximum absolute atomic E-state index is 5.58. The molecular weight excluding hydrogens is 160 g/mol. The normalized spacial score (nSPS) is 28.7. The first-order chi connectivity index (χ1) is 6.33. The van der Waals surface area contributed by atoms with E-state index in [9.17, 15) is 0 Å². The Balaban J connectivity index is 2.33. The Morgan fingerprint density at radius 3 is 2.92 bits per heavy atom. The van der Waals surface area contributed by atoms with E-state index in [1.807, 2.05) is 6.08 Å². The van der Waals surface area contributed by atoms with Gasteiger partial charge in [-0.25, -0.2) is 0 Å². The molecule has 76 valence electrons. The van der Waals surface area contributed by atoms with Gasteiger partial charge in [0, 0.05) is 6.61 Å². The number of rotatable bonds is 5. The number of ether oxygens (including phenoxy) is 1. The molecule has 0 N–H and O–H groups in total. The van der Waals surface area contributed by atoms with E-state index in [1.54, 1.807) is 0 Å². The molecular formula is C12H22O. The summed E-state index contributed by atoms with van der Waals surface area (Å²) in [4.78, 5) is 0. The standard InChI is InChI=1S/C12H22O/c1-3-5-6-8-12(4-2)9-7-10-13-11-12/h3H,1,4-11H2,2H3. The van der Waals surface area contributed by atoms with Gasteiger partial charge in [-0.2, -0.15) is 0 Å². The fourth-order valence-corrected chi connectivity index (χ4v) is 2.18. The van der Waals surface area contributed by atoms with Crippen LogP contribution < -0.4 is 0 Å². The second-order valence-corrected chi connectivity index (χ2v) is 4.19. The van der Waals surface area contributed by atoms with E-state index in [-0.39, 0.29) is 0 Å². The van der Waals surface area contributed by atoms with Gasteiger partial charge in [0.2, 0.25) is 0 Å². The average Bonchev–Trinajstić information content (AvgIpc) is 2.20. The maximum atomic E-state index is 5.58. The van der Waals surface area contributed by atoms with Gasteiger partial charge in [0.05, 0.1) is 6.61 Å². The highest BCUT2D eigenvalue weighted by molar-refractivity contribution is 4.81. The molecule has 1 heterocycles. The van der Waals surface area contributed by atoms with Crippen molar-refractivity contribution in [1.29, 1.82) is 0 Å². The molecule has 1 unspecified atom stereocenters. The third-order valence-corrected chi connectivity index (χ3v) is 3.27. The molecule has 1 heteroatoms. The van der Waals surface area contributed by atoms with Gasteiger partial charge in [0.25, 0.3) is 0 Å². The molecule has 1 aliphatic rings. The molecule has 1 aliphatic heterocycles. The Kier molecular flexibility index (Phi) is 4.51. The highest BCUT2D eigenvalue weighted by Crippen LogP contribution is 2.36. The van der Waals surface area contributed by atoms with Crippen molar-refractivity contribution in [3.8, 4) is 0 Å². The van der Waals surface area contributed by atoms with Gasteiger partial charge < -0.3 is 4.74 Å². The van der Waals surface area contributed by atoms with E-state index in [2.05, 4.69) is 13.5 Å². The summed E-state index contributed by atoms with van der Waals surface area (Å²) in [7, 11) is 0. The predicted molar refractivity (Wildman–Crippen MR) is 56.8 cm³/mol. The second kappa shape index (κ2) is 5.43. The maximum Gasteiger partial charge on any atom is 0.0522 e. The third kappa shape index (κ3) is 3.15. The largest absolute Gasteiger partial charge is 0.381 e. The summed E-state index contributed by atoms with van der Waals surface area (Å²) in [5, 5.41) is 0. The van der Waals surface area contributed by atoms with Crippen LogP contribution in [0.2, 0.25) is 0 Å². The zero-order valence-electron chi connectivity index (χ0n) is 8.85. The highest BCUT2D eigenvalue weighted by atomic mass is 16.5. The number of unbranched alkanes of at least 4 members (excludes halogenated alkanes) is 1. The molecule has 0 aromatic heterocycles. The van der Waals surface area contributed by atoms with Crippen molar-refractivity contribution in [2.24, 2.45) is 5.41 Å². The Morgan fingerprint density at radius 2 is 2.38 bits per heavy atom. The van der Waals surface area contributed by atoms with Gasteiger partial charge in [-0.15, -0.1) is 6.58 Å². The van der Waals surface area contributed by atoms with Gasteiger partial charge in [0.1, 0.15) is 0 Å². The van der Waals surface area contributed by atoms with E-state index in [1.165, 1.54) is 32.1 Å². The second-order valence-electron chi connectivity index (χ2n) is 4.19. The quantitative estimate of drug-likeness (QED) is 0.466. The van der Waals surface area contributed by atoms with Crippen LogP contribution in [0.15, 0.2) is 12.7 Å². The topological polar surface area (TPSA) is 9.23 Å². The van der Waals surface area contributed by atoms with Crippen LogP contribution in [-0.4, -0.2) is 13.2 Å². The van der Waals surface area contributed by atoms with Crippen LogP contribution in [0.4, 0.5) is 0 Å². The summed E-state index contributed by atoms with van der Waals surface area (Å²) in [6, 6.07) is 0. The molecule has 0 saturated carbocycles. The minimum atomic E-state index is 0.501. The van der Waals surface area contributed by atoms with Crippen molar-refractivity contribution < 1.29 is 4.74 Å². The molecule has 13 heavy (non-hydrogen) atoms. The van der Waals surface area contributed by atoms with E-state index in [0.717, 1.165) is 19.6 Å². The third-order valence-electron chi connectivity index (χ3n) is 3.27. The van der Waals surface area contributed by atoms with Crippen molar-refractivity contribution >= 4 is 0 Å². The fourth-order valence-electron chi connectivity index (χ4n) is 2.18. The summed E-state index contributed by atoms with van der Waals surface area (Å²) in [6.07, 6.45) is 9.65. The predicted octanol–water partition coefficient (Wildman–Crippen LogP) is 3.55. The van der Waals surface area contributed by atoms with E-state index in [4.69, 9.17) is 4.74 Å². The lowest BCUT2D eigenvalue weighted by Gasteiger charge is -2.36. The van der Waals surface area contributed by atoms with Crippen molar-refractivity contribution in [2.45, 2.75) is 45.4 Å². The Bertz CT molecular complexity index is 145. The van der Waals surface area contributed by atoms with Crippen molar-refractivity contribution in [3.63, 3.8) is 0 Å². The molecule has 0 amide bonds. The van der Waals surface area contributed by atoms with Crippen LogP contribution in [0.25, 0.3) is 0 Å². The Labute approximate surface area is 82.2 Å². The van der Waals surface area contributed by atoms with Crippen LogP contribution in [0, 0.1) is 5.41 Å². The minimum Gasteiger partial charge on any atom is -0.381 e. The molecule has 1 rings (SSSR count). The first-order valence-electron chi connectivity index (χ1n) is 5.52. The van der Waals surface area contributed by atoms with E-state index >= 15 is 0 Å². The Hall–Kier alpha value is -0.300. The first kappa shape index (κ1) is 10.8. The van der Waals surface area contributed by atoms with Crippen LogP contribution in [0.1, 0.15) is 45.4 Å². The summed E-state index contributed by atoms with van der Waals surface area (Å²) in [5.74, 6) is 0. The van der Waals surface area contributed by atoms with Crippen LogP contribution in [-0.2, 0) is 4.74 Å². The van der Waals surface area contributed by atoms with Gasteiger partial charge in [-0.3, -0.25) is 0 Å². The minimum absolute atomic E-state index is 0.501. The zero-order valence-corrected chi connectivity index (χ0v) is 8.85. The van der Waals surface area contributed by atoms with Crippen LogP contribution in [0.5, 0.6) is 0 Å². The number of hydrogen-bond acceptors (Lipinski definition) is 1. The molecule has 1 saturated heterocycles. The lowest BCUT2D eigenvalue weighted by molar-refractivity contribution is -0.0157. The lowest BCUT2D eigenvalue weighted by Crippen LogP contribution is -2.31. The first-order valence-corrected chi connectivity index (χ1v) is 5.52. The molecule has 1 fully saturated rings. The molecule has 0 radical (unpaired) electrons. The van der Waals surface area contributed by atoms with Crippen molar-refractivity contribution in [1.82, 2.24) is 0 Å². The van der Waals surface area contributed by atoms with Crippen LogP contribution in [0.3, 0.4) is 0 Å². The highest BCUT2D eigenvalue weighted by Gasteiger charge is 2.29. The molecule has 1 atom stereocenters. The molecule has 1 nitrogen and oxygen atoms in total. The van der Waals surface area contributed by atoms with Gasteiger partial charge in [0.15, 0.2) is 0 Å². The number of allylic oxidation sites excluding steroid dienone is 1. The average molecular weight is 182 g/mol. The summed E-state index contributed by atoms with van der Waals surface area (Å²) in [5.41, 5.74) is 0.501. The summed E-state index contributed by atoms with van der Waals surface area (Å²) >= 11 is 0. The smallest absolute Gasteiger partial charge is 0.0522 e. The summed E-state index contributed by atoms with van der Waals surface area (Å²) < 4.78 is 5.58. The Morgan fingerprint density at radius 1 is 1.54 bits per heavy atom. The van der Waals surface area contributed by atoms with Gasteiger partial charge >= 0.3 is 0 Å². The molecule has 0 aromatic carbocycles. The lowest BCUT2D eigenvalue weighted by atomic mass is 9.76. The zero-order chi connectivity index (χ0) is 9.57. The monoisotopic (exact) mass is 182 g/mol. The SMILES string of the molecule is C=CCCCC1(CC)CCCOC1. The van der Waals surface area contributed by atoms with Crippen molar-refractivity contribution in [2.75, 3.05) is 13.2 Å². The van der Waals surface area contributed by atoms with Crippen LogP contribution >= 0.6 is 0 Å². The summed E-state index contributed by atoms with van der Waals surface area (Å²) in [6.45, 7) is 8.02. The van der Waals surface area contributed by atoms with Crippen molar-refractivity contribution in [3.05, 3.63) is 12.7 Å². The fraction of sp³-hybridized carbons (Fsp3) is 0.833. The number of hydrogen-bond donors (Lipinski definition) is 0. The van der Waals surface area contributed by atoms with E-state index < -0.39 is 0 Å². The van der Waals surface area contributed by atoms with Gasteiger partial charge in [-0.05, 0) is 43.9 Å².